The third-order valence-corrected chi connectivity index (χ3v) is 3.88. The van der Waals surface area contributed by atoms with Crippen LogP contribution in [-0.4, -0.2) is 23.1 Å². The van der Waals surface area contributed by atoms with Crippen LogP contribution in [0, 0.1) is 10.1 Å². The van der Waals surface area contributed by atoms with Crippen LogP contribution in [0.1, 0.15) is 13.8 Å². The average molecular weight is 399 g/mol. The molecule has 1 unspecified atom stereocenters. The Bertz CT molecular complexity index is 831. The molecule has 0 aliphatic rings. The van der Waals surface area contributed by atoms with Crippen LogP contribution < -0.4 is 14.8 Å². The lowest BCUT2D eigenvalue weighted by Gasteiger charge is -2.21. The quantitative estimate of drug-likeness (QED) is 0.426. The number of nitro groups is 1. The van der Waals surface area contributed by atoms with Gasteiger partial charge >= 0.3 is 11.6 Å². The van der Waals surface area contributed by atoms with E-state index >= 15 is 0 Å². The van der Waals surface area contributed by atoms with Crippen LogP contribution in [0.2, 0.25) is 10.0 Å². The highest BCUT2D eigenvalue weighted by molar-refractivity contribution is 6.35. The van der Waals surface area contributed by atoms with Crippen molar-refractivity contribution in [3.05, 3.63) is 62.6 Å². The van der Waals surface area contributed by atoms with Gasteiger partial charge in [0.2, 0.25) is 0 Å². The normalized spacial score (nSPS) is 12.8. The van der Waals surface area contributed by atoms with Crippen molar-refractivity contribution in [2.45, 2.75) is 19.6 Å². The number of likely N-dealkylation sites (N-methyl/N-ethyl adjacent to an activating group) is 1. The van der Waals surface area contributed by atoms with Crippen molar-refractivity contribution < 1.29 is 19.2 Å². The Kier molecular flexibility index (Phi) is 6.28. The first-order chi connectivity index (χ1) is 12.3. The molecule has 138 valence electrons. The minimum absolute atomic E-state index is 0.0954. The van der Waals surface area contributed by atoms with Crippen molar-refractivity contribution >= 4 is 29.1 Å². The maximum atomic E-state index is 12.0. The summed E-state index contributed by atoms with van der Waals surface area (Å²) >= 11 is 11.9. The number of nitrogens with zero attached hydrogens (tertiary/aromatic N) is 1. The van der Waals surface area contributed by atoms with Gasteiger partial charge < -0.3 is 14.8 Å². The molecule has 2 rings (SSSR count). The first kappa shape index (κ1) is 19.8. The third-order valence-electron chi connectivity index (χ3n) is 3.35. The number of carbonyl (C=O) groups excluding carboxylic acids is 1. The molecule has 0 aliphatic heterocycles. The van der Waals surface area contributed by atoms with Gasteiger partial charge in [0.05, 0.1) is 16.9 Å². The molecule has 0 radical (unpaired) electrons. The molecule has 1 amide bonds. The number of benzene rings is 2. The Labute approximate surface area is 160 Å². The Morgan fingerprint density at radius 3 is 2.54 bits per heavy atom. The lowest BCUT2D eigenvalue weighted by Crippen LogP contribution is -2.54. The van der Waals surface area contributed by atoms with Gasteiger partial charge in [-0.3, -0.25) is 14.9 Å². The molecule has 26 heavy (non-hydrogen) atoms. The van der Waals surface area contributed by atoms with E-state index in [9.17, 15) is 14.9 Å². The molecule has 0 heterocycles. The second kappa shape index (κ2) is 8.25. The standard InChI is InChI=1S/C17H16Cl2N2O5/c1-3-20-16(22)17(2,21(23)24)26-13-6-4-5-12(10-13)25-15-8-7-11(18)9-14(15)19/h4-10H,3H2,1-2H3,(H,20,22). The molecular formula is C17H16Cl2N2O5. The van der Waals surface area contributed by atoms with Crippen molar-refractivity contribution in [3.8, 4) is 17.2 Å². The van der Waals surface area contributed by atoms with Gasteiger partial charge in [0.15, 0.2) is 0 Å². The van der Waals surface area contributed by atoms with E-state index in [-0.39, 0.29) is 12.3 Å². The van der Waals surface area contributed by atoms with Crippen LogP contribution >= 0.6 is 23.2 Å². The molecule has 0 fully saturated rings. The van der Waals surface area contributed by atoms with Crippen LogP contribution in [0.3, 0.4) is 0 Å². The van der Waals surface area contributed by atoms with E-state index < -0.39 is 16.6 Å². The Morgan fingerprint density at radius 1 is 1.23 bits per heavy atom. The number of ether oxygens (including phenoxy) is 2. The van der Waals surface area contributed by atoms with Crippen LogP contribution in [0.25, 0.3) is 0 Å². The summed E-state index contributed by atoms with van der Waals surface area (Å²) in [5.41, 5.74) is -2.27. The highest BCUT2D eigenvalue weighted by atomic mass is 35.5. The number of rotatable bonds is 7. The number of hydrogen-bond acceptors (Lipinski definition) is 5. The Morgan fingerprint density at radius 2 is 1.92 bits per heavy atom. The molecule has 2 aromatic rings. The SMILES string of the molecule is CCNC(=O)C(C)(Oc1cccc(Oc2ccc(Cl)cc2Cl)c1)[N+](=O)[O-]. The summed E-state index contributed by atoms with van der Waals surface area (Å²) < 4.78 is 11.0. The van der Waals surface area contributed by atoms with Gasteiger partial charge in [-0.1, -0.05) is 29.3 Å². The third kappa shape index (κ3) is 4.56. The Balaban J connectivity index is 2.25. The first-order valence-corrected chi connectivity index (χ1v) is 8.36. The number of carbonyl (C=O) groups is 1. The zero-order chi connectivity index (χ0) is 19.3. The summed E-state index contributed by atoms with van der Waals surface area (Å²) in [7, 11) is 0. The molecule has 7 nitrogen and oxygen atoms in total. The summed E-state index contributed by atoms with van der Waals surface area (Å²) in [5, 5.41) is 14.5. The molecule has 2 aromatic carbocycles. The van der Waals surface area contributed by atoms with Gasteiger partial charge in [0.25, 0.3) is 0 Å². The number of halogens is 2. The fraction of sp³-hybridized carbons (Fsp3) is 0.235. The molecular weight excluding hydrogens is 383 g/mol. The summed E-state index contributed by atoms with van der Waals surface area (Å²) in [6.45, 7) is 2.98. The van der Waals surface area contributed by atoms with Gasteiger partial charge in [0, 0.05) is 17.6 Å². The summed E-state index contributed by atoms with van der Waals surface area (Å²) in [6.07, 6.45) is 0. The van der Waals surface area contributed by atoms with Crippen molar-refractivity contribution in [1.82, 2.24) is 5.32 Å². The van der Waals surface area contributed by atoms with Crippen LogP contribution in [0.15, 0.2) is 42.5 Å². The minimum atomic E-state index is -2.27. The average Bonchev–Trinajstić information content (AvgIpc) is 2.57. The molecule has 0 saturated carbocycles. The largest absolute Gasteiger partial charge is 0.456 e. The number of amides is 1. The zero-order valence-electron chi connectivity index (χ0n) is 14.0. The predicted octanol–water partition coefficient (Wildman–Crippen LogP) is 4.29. The van der Waals surface area contributed by atoms with Crippen molar-refractivity contribution in [3.63, 3.8) is 0 Å². The zero-order valence-corrected chi connectivity index (χ0v) is 15.5. The van der Waals surface area contributed by atoms with Crippen LogP contribution in [0.5, 0.6) is 17.2 Å². The van der Waals surface area contributed by atoms with E-state index in [1.54, 1.807) is 31.2 Å². The lowest BCUT2D eigenvalue weighted by molar-refractivity contribution is -0.591. The maximum absolute atomic E-state index is 12.0. The van der Waals surface area contributed by atoms with Gasteiger partial charge in [0.1, 0.15) is 17.2 Å². The second-order valence-corrected chi connectivity index (χ2v) is 6.20. The Hall–Kier alpha value is -2.51. The molecule has 1 atom stereocenters. The van der Waals surface area contributed by atoms with Gasteiger partial charge in [-0.05, 0) is 37.3 Å². The van der Waals surface area contributed by atoms with Crippen molar-refractivity contribution in [2.75, 3.05) is 6.54 Å². The van der Waals surface area contributed by atoms with Crippen molar-refractivity contribution in [2.24, 2.45) is 0 Å². The summed E-state index contributed by atoms with van der Waals surface area (Å²) in [6, 6.07) is 10.8. The second-order valence-electron chi connectivity index (χ2n) is 5.35. The van der Waals surface area contributed by atoms with Gasteiger partial charge in [-0.25, -0.2) is 0 Å². The van der Waals surface area contributed by atoms with E-state index in [0.29, 0.717) is 21.5 Å². The van der Waals surface area contributed by atoms with Crippen LogP contribution in [0.4, 0.5) is 0 Å². The number of hydrogen-bond donors (Lipinski definition) is 1. The minimum Gasteiger partial charge on any atom is -0.456 e. The highest BCUT2D eigenvalue weighted by Gasteiger charge is 2.48. The monoisotopic (exact) mass is 398 g/mol. The van der Waals surface area contributed by atoms with E-state index in [2.05, 4.69) is 5.32 Å². The van der Waals surface area contributed by atoms with Crippen molar-refractivity contribution in [1.29, 1.82) is 0 Å². The van der Waals surface area contributed by atoms with Gasteiger partial charge in [-0.2, -0.15) is 0 Å². The van der Waals surface area contributed by atoms with E-state index in [1.165, 1.54) is 18.2 Å². The molecule has 9 heteroatoms. The lowest BCUT2D eigenvalue weighted by atomic mass is 10.2. The van der Waals surface area contributed by atoms with E-state index in [1.807, 2.05) is 0 Å². The molecule has 0 spiro atoms. The summed E-state index contributed by atoms with van der Waals surface area (Å²) in [4.78, 5) is 22.6. The van der Waals surface area contributed by atoms with Crippen LogP contribution in [-0.2, 0) is 4.79 Å². The topological polar surface area (TPSA) is 90.7 Å². The fourth-order valence-corrected chi connectivity index (χ4v) is 2.45. The molecule has 0 aliphatic carbocycles. The summed E-state index contributed by atoms with van der Waals surface area (Å²) in [5.74, 6) is -0.0718. The smallest absolute Gasteiger partial charge is 0.439 e. The number of nitrogens with one attached hydrogen (secondary N) is 1. The molecule has 0 saturated heterocycles. The molecule has 1 N–H and O–H groups in total. The van der Waals surface area contributed by atoms with Gasteiger partial charge in [-0.15, -0.1) is 0 Å². The first-order valence-electron chi connectivity index (χ1n) is 7.61. The molecule has 0 aromatic heterocycles. The highest BCUT2D eigenvalue weighted by Crippen LogP contribution is 2.33. The fourth-order valence-electron chi connectivity index (χ4n) is 2.01. The maximum Gasteiger partial charge on any atom is 0.439 e. The predicted molar refractivity (Wildman–Crippen MR) is 97.7 cm³/mol. The van der Waals surface area contributed by atoms with E-state index in [4.69, 9.17) is 32.7 Å². The van der Waals surface area contributed by atoms with E-state index in [0.717, 1.165) is 6.92 Å². The molecule has 0 bridgehead atoms.